The lowest BCUT2D eigenvalue weighted by Crippen LogP contribution is -2.28. The first-order valence-corrected chi connectivity index (χ1v) is 4.49. The van der Waals surface area contributed by atoms with Crippen molar-refractivity contribution in [3.63, 3.8) is 0 Å². The molecule has 1 aliphatic rings. The lowest BCUT2D eigenvalue weighted by molar-refractivity contribution is 0.726. The van der Waals surface area contributed by atoms with Gasteiger partial charge in [0.25, 0.3) is 0 Å². The average Bonchev–Trinajstić information content (AvgIpc) is 2.53. The van der Waals surface area contributed by atoms with E-state index < -0.39 is 0 Å². The molecule has 68 valence electrons. The molecule has 2 rings (SSSR count). The summed E-state index contributed by atoms with van der Waals surface area (Å²) in [7, 11) is 0. The van der Waals surface area contributed by atoms with Crippen LogP contribution in [-0.2, 0) is 0 Å². The number of pyridine rings is 1. The molecule has 3 heteroatoms. The van der Waals surface area contributed by atoms with Crippen molar-refractivity contribution in [2.75, 3.05) is 6.54 Å². The first kappa shape index (κ1) is 8.23. The van der Waals surface area contributed by atoms with Crippen molar-refractivity contribution >= 4 is 5.84 Å². The van der Waals surface area contributed by atoms with E-state index in [1.165, 1.54) is 5.56 Å². The summed E-state index contributed by atoms with van der Waals surface area (Å²) in [6, 6.07) is 2.46. The Morgan fingerprint density at radius 3 is 3.00 bits per heavy atom. The molecular formula is C10H13N3. The van der Waals surface area contributed by atoms with Crippen LogP contribution in [0.1, 0.15) is 18.1 Å². The molecule has 1 N–H and O–H groups in total. The van der Waals surface area contributed by atoms with Crippen molar-refractivity contribution in [1.82, 2.24) is 10.3 Å². The number of aromatic nitrogens is 1. The molecule has 0 saturated heterocycles. The van der Waals surface area contributed by atoms with Gasteiger partial charge in [-0.15, -0.1) is 0 Å². The largest absolute Gasteiger partial charge is 0.366 e. The monoisotopic (exact) mass is 175 g/mol. The summed E-state index contributed by atoms with van der Waals surface area (Å²) in [6.07, 6.45) is 3.66. The van der Waals surface area contributed by atoms with E-state index in [-0.39, 0.29) is 0 Å². The summed E-state index contributed by atoms with van der Waals surface area (Å²) in [5.41, 5.74) is 2.34. The number of aliphatic imine (C=N–C) groups is 1. The average molecular weight is 175 g/mol. The van der Waals surface area contributed by atoms with Crippen LogP contribution in [0, 0.1) is 6.92 Å². The molecule has 0 radical (unpaired) electrons. The summed E-state index contributed by atoms with van der Waals surface area (Å²) in [6.45, 7) is 5.07. The minimum Gasteiger partial charge on any atom is -0.366 e. The van der Waals surface area contributed by atoms with Gasteiger partial charge < -0.3 is 5.32 Å². The van der Waals surface area contributed by atoms with Gasteiger partial charge >= 0.3 is 0 Å². The fourth-order valence-corrected chi connectivity index (χ4v) is 1.43. The highest BCUT2D eigenvalue weighted by molar-refractivity contribution is 6.00. The van der Waals surface area contributed by atoms with Gasteiger partial charge in [0.1, 0.15) is 5.84 Å². The van der Waals surface area contributed by atoms with E-state index in [4.69, 9.17) is 0 Å². The van der Waals surface area contributed by atoms with Crippen LogP contribution in [0.4, 0.5) is 0 Å². The number of hydrogen-bond donors (Lipinski definition) is 1. The van der Waals surface area contributed by atoms with Crippen molar-refractivity contribution in [1.29, 1.82) is 0 Å². The molecule has 0 aliphatic carbocycles. The summed E-state index contributed by atoms with van der Waals surface area (Å²) in [4.78, 5) is 8.51. The second-order valence-electron chi connectivity index (χ2n) is 3.43. The molecule has 13 heavy (non-hydrogen) atoms. The first-order valence-electron chi connectivity index (χ1n) is 4.49. The zero-order valence-corrected chi connectivity index (χ0v) is 7.91. The highest BCUT2D eigenvalue weighted by atomic mass is 15.1. The third-order valence-corrected chi connectivity index (χ3v) is 2.20. The van der Waals surface area contributed by atoms with E-state index in [0.29, 0.717) is 6.04 Å². The smallest absolute Gasteiger partial charge is 0.130 e. The highest BCUT2D eigenvalue weighted by Gasteiger charge is 2.15. The third kappa shape index (κ3) is 1.54. The van der Waals surface area contributed by atoms with E-state index in [9.17, 15) is 0 Å². The van der Waals surface area contributed by atoms with Crippen molar-refractivity contribution < 1.29 is 0 Å². The minimum atomic E-state index is 0.453. The van der Waals surface area contributed by atoms with Crippen molar-refractivity contribution in [3.05, 3.63) is 29.6 Å². The summed E-state index contributed by atoms with van der Waals surface area (Å²) >= 11 is 0. The Kier molecular flexibility index (Phi) is 2.00. The Morgan fingerprint density at radius 2 is 2.38 bits per heavy atom. The Morgan fingerprint density at radius 1 is 1.54 bits per heavy atom. The van der Waals surface area contributed by atoms with Gasteiger partial charge in [-0.1, -0.05) is 0 Å². The van der Waals surface area contributed by atoms with Crippen LogP contribution in [0.3, 0.4) is 0 Å². The van der Waals surface area contributed by atoms with Gasteiger partial charge in [0, 0.05) is 24.0 Å². The SMILES string of the molecule is Cc1ccncc1C1=NCC(C)N1. The minimum absolute atomic E-state index is 0.453. The van der Waals surface area contributed by atoms with Crippen LogP contribution >= 0.6 is 0 Å². The van der Waals surface area contributed by atoms with Gasteiger partial charge in [0.05, 0.1) is 6.54 Å². The molecule has 1 aromatic rings. The third-order valence-electron chi connectivity index (χ3n) is 2.20. The molecule has 0 amide bonds. The van der Waals surface area contributed by atoms with Crippen LogP contribution in [0.5, 0.6) is 0 Å². The molecule has 0 fully saturated rings. The molecule has 1 atom stereocenters. The van der Waals surface area contributed by atoms with Gasteiger partial charge in [-0.2, -0.15) is 0 Å². The van der Waals surface area contributed by atoms with Crippen molar-refractivity contribution in [2.24, 2.45) is 4.99 Å². The zero-order valence-electron chi connectivity index (χ0n) is 7.91. The molecular weight excluding hydrogens is 162 g/mol. The molecule has 0 spiro atoms. The number of nitrogens with zero attached hydrogens (tertiary/aromatic N) is 2. The van der Waals surface area contributed by atoms with Crippen LogP contribution in [0.2, 0.25) is 0 Å². The maximum absolute atomic E-state index is 4.41. The number of aryl methyl sites for hydroxylation is 1. The molecule has 1 aromatic heterocycles. The molecule has 0 aromatic carbocycles. The van der Waals surface area contributed by atoms with Gasteiger partial charge in [0.2, 0.25) is 0 Å². The number of nitrogens with one attached hydrogen (secondary N) is 1. The van der Waals surface area contributed by atoms with E-state index in [0.717, 1.165) is 17.9 Å². The zero-order chi connectivity index (χ0) is 9.26. The van der Waals surface area contributed by atoms with E-state index in [1.54, 1.807) is 6.20 Å². The fourth-order valence-electron chi connectivity index (χ4n) is 1.43. The van der Waals surface area contributed by atoms with E-state index in [2.05, 4.69) is 29.1 Å². The lowest BCUT2D eigenvalue weighted by Gasteiger charge is -2.07. The Balaban J connectivity index is 2.31. The molecule has 0 saturated carbocycles. The summed E-state index contributed by atoms with van der Waals surface area (Å²) in [5, 5.41) is 3.32. The molecule has 1 aliphatic heterocycles. The predicted octanol–water partition coefficient (Wildman–Crippen LogP) is 1.13. The standard InChI is InChI=1S/C10H13N3/c1-7-3-4-11-6-9(7)10-12-5-8(2)13-10/h3-4,6,8H,5H2,1-2H3,(H,12,13). The molecule has 1 unspecified atom stereocenters. The Labute approximate surface area is 77.9 Å². The van der Waals surface area contributed by atoms with E-state index in [1.807, 2.05) is 12.3 Å². The summed E-state index contributed by atoms with van der Waals surface area (Å²) in [5.74, 6) is 0.984. The second kappa shape index (κ2) is 3.17. The quantitative estimate of drug-likeness (QED) is 0.694. The van der Waals surface area contributed by atoms with E-state index >= 15 is 0 Å². The molecule has 2 heterocycles. The van der Waals surface area contributed by atoms with Crippen molar-refractivity contribution in [2.45, 2.75) is 19.9 Å². The Hall–Kier alpha value is -1.38. The van der Waals surface area contributed by atoms with Gasteiger partial charge in [-0.05, 0) is 25.5 Å². The maximum atomic E-state index is 4.41. The van der Waals surface area contributed by atoms with Gasteiger partial charge in [-0.3, -0.25) is 9.98 Å². The molecule has 3 nitrogen and oxygen atoms in total. The number of amidine groups is 1. The van der Waals surface area contributed by atoms with Crippen LogP contribution in [0.25, 0.3) is 0 Å². The number of rotatable bonds is 1. The van der Waals surface area contributed by atoms with Crippen LogP contribution in [0.15, 0.2) is 23.5 Å². The maximum Gasteiger partial charge on any atom is 0.130 e. The van der Waals surface area contributed by atoms with Crippen molar-refractivity contribution in [3.8, 4) is 0 Å². The highest BCUT2D eigenvalue weighted by Crippen LogP contribution is 2.09. The predicted molar refractivity (Wildman–Crippen MR) is 53.0 cm³/mol. The molecule has 0 bridgehead atoms. The lowest BCUT2D eigenvalue weighted by atomic mass is 10.1. The normalized spacial score (nSPS) is 21.1. The number of hydrogen-bond acceptors (Lipinski definition) is 3. The second-order valence-corrected chi connectivity index (χ2v) is 3.43. The Bertz CT molecular complexity index is 344. The van der Waals surface area contributed by atoms with Crippen LogP contribution in [-0.4, -0.2) is 23.4 Å². The van der Waals surface area contributed by atoms with Gasteiger partial charge in [-0.25, -0.2) is 0 Å². The van der Waals surface area contributed by atoms with Crippen LogP contribution < -0.4 is 5.32 Å². The fraction of sp³-hybridized carbons (Fsp3) is 0.400. The van der Waals surface area contributed by atoms with Gasteiger partial charge in [0.15, 0.2) is 0 Å². The topological polar surface area (TPSA) is 37.3 Å². The summed E-state index contributed by atoms with van der Waals surface area (Å²) < 4.78 is 0. The first-order chi connectivity index (χ1) is 6.27.